The van der Waals surface area contributed by atoms with Crippen LogP contribution in [0.4, 0.5) is 0 Å². The van der Waals surface area contributed by atoms with Crippen molar-refractivity contribution >= 4 is 29.6 Å². The van der Waals surface area contributed by atoms with Crippen LogP contribution in [-0.4, -0.2) is 11.3 Å². The maximum absolute atomic E-state index is 5.13. The Hall–Kier alpha value is -1.62. The van der Waals surface area contributed by atoms with E-state index in [-0.39, 0.29) is 5.11 Å². The van der Waals surface area contributed by atoms with Gasteiger partial charge in [-0.2, -0.15) is 5.10 Å². The van der Waals surface area contributed by atoms with Crippen molar-refractivity contribution in [1.29, 1.82) is 0 Å². The molecule has 0 aliphatic carbocycles. The number of hydrazone groups is 1. The number of nitrogens with two attached hydrogens (primary N) is 1. The Bertz CT molecular complexity index is 316. The minimum Gasteiger partial charge on any atom is -0.465 e. The van der Waals surface area contributed by atoms with Gasteiger partial charge in [-0.3, -0.25) is 5.43 Å². The van der Waals surface area contributed by atoms with Crippen molar-refractivity contribution in [2.75, 3.05) is 0 Å². The molecule has 0 amide bonds. The average Bonchev–Trinajstić information content (AvgIpc) is 2.55. The fourth-order valence-corrected chi connectivity index (χ4v) is 0.721. The fourth-order valence-electron chi connectivity index (χ4n) is 0.668. The van der Waals surface area contributed by atoms with Gasteiger partial charge in [-0.1, -0.05) is 0 Å². The van der Waals surface area contributed by atoms with E-state index in [0.29, 0.717) is 0 Å². The summed E-state index contributed by atoms with van der Waals surface area (Å²) in [5.41, 5.74) is 7.56. The molecule has 13 heavy (non-hydrogen) atoms. The summed E-state index contributed by atoms with van der Waals surface area (Å²) in [6, 6.07) is 3.65. The number of allylic oxidation sites excluding steroid dienone is 1. The number of nitrogens with one attached hydrogen (secondary N) is 1. The first-order chi connectivity index (χ1) is 6.29. The van der Waals surface area contributed by atoms with Crippen LogP contribution in [0.5, 0.6) is 0 Å². The molecule has 0 unspecified atom stereocenters. The van der Waals surface area contributed by atoms with E-state index >= 15 is 0 Å². The molecule has 0 aliphatic heterocycles. The van der Waals surface area contributed by atoms with Crippen molar-refractivity contribution in [3.05, 3.63) is 30.2 Å². The van der Waals surface area contributed by atoms with E-state index in [9.17, 15) is 0 Å². The summed E-state index contributed by atoms with van der Waals surface area (Å²) in [5.74, 6) is 0.766. The lowest BCUT2D eigenvalue weighted by Gasteiger charge is -1.89. The maximum Gasteiger partial charge on any atom is 0.184 e. The first-order valence-corrected chi connectivity index (χ1v) is 3.98. The summed E-state index contributed by atoms with van der Waals surface area (Å²) in [7, 11) is 0. The zero-order valence-electron chi connectivity index (χ0n) is 6.81. The number of furan rings is 1. The van der Waals surface area contributed by atoms with Crippen molar-refractivity contribution in [3.8, 4) is 0 Å². The van der Waals surface area contributed by atoms with Gasteiger partial charge in [0.25, 0.3) is 0 Å². The van der Waals surface area contributed by atoms with Crippen LogP contribution in [0.15, 0.2) is 34.0 Å². The molecule has 68 valence electrons. The van der Waals surface area contributed by atoms with Gasteiger partial charge in [0.05, 0.1) is 6.26 Å². The Morgan fingerprint density at radius 1 is 1.69 bits per heavy atom. The monoisotopic (exact) mass is 195 g/mol. The highest BCUT2D eigenvalue weighted by Gasteiger charge is 1.83. The van der Waals surface area contributed by atoms with Crippen LogP contribution in [0, 0.1) is 0 Å². The molecule has 0 saturated carbocycles. The van der Waals surface area contributed by atoms with Crippen molar-refractivity contribution in [3.63, 3.8) is 0 Å². The molecule has 0 aliphatic rings. The van der Waals surface area contributed by atoms with Crippen LogP contribution < -0.4 is 11.2 Å². The molecule has 1 heterocycles. The van der Waals surface area contributed by atoms with Crippen molar-refractivity contribution in [1.82, 2.24) is 5.43 Å². The predicted octanol–water partition coefficient (Wildman–Crippen LogP) is 1.11. The van der Waals surface area contributed by atoms with E-state index in [0.717, 1.165) is 5.76 Å². The number of nitrogens with zero attached hydrogens (tertiary/aromatic N) is 1. The van der Waals surface area contributed by atoms with Crippen LogP contribution in [-0.2, 0) is 0 Å². The second-order valence-corrected chi connectivity index (χ2v) is 2.57. The molecule has 1 aromatic heterocycles. The van der Waals surface area contributed by atoms with Crippen molar-refractivity contribution < 1.29 is 4.42 Å². The standard InChI is InChI=1S/C8H9N3OS/c9-8(13)11-10-5-1-3-7-4-2-6-12-7/h1-6H,(H3,9,11,13)/b3-1-,10-5-. The molecule has 0 aromatic carbocycles. The van der Waals surface area contributed by atoms with Gasteiger partial charge in [-0.25, -0.2) is 0 Å². The molecule has 5 heteroatoms. The van der Waals surface area contributed by atoms with Gasteiger partial charge in [0.2, 0.25) is 0 Å². The molecule has 0 bridgehead atoms. The number of rotatable bonds is 3. The summed E-state index contributed by atoms with van der Waals surface area (Å²) in [5, 5.41) is 3.84. The minimum absolute atomic E-state index is 0.141. The van der Waals surface area contributed by atoms with Gasteiger partial charge in [0.1, 0.15) is 5.76 Å². The van der Waals surface area contributed by atoms with Crippen LogP contribution >= 0.6 is 12.2 Å². The third kappa shape index (κ3) is 4.07. The van der Waals surface area contributed by atoms with E-state index in [4.69, 9.17) is 10.2 Å². The molecule has 0 atom stereocenters. The molecular weight excluding hydrogens is 186 g/mol. The normalized spacial score (nSPS) is 11.1. The Balaban J connectivity index is 2.34. The van der Waals surface area contributed by atoms with Crippen LogP contribution in [0.2, 0.25) is 0 Å². The SMILES string of the molecule is NC(=S)N/N=C\C=C/c1ccco1. The van der Waals surface area contributed by atoms with E-state index in [1.165, 1.54) is 6.21 Å². The molecule has 1 aromatic rings. The quantitative estimate of drug-likeness (QED) is 0.431. The van der Waals surface area contributed by atoms with Gasteiger partial charge in [0, 0.05) is 6.21 Å². The summed E-state index contributed by atoms with van der Waals surface area (Å²) >= 11 is 4.54. The number of thiocarbonyl (C=S) groups is 1. The van der Waals surface area contributed by atoms with Gasteiger partial charge in [-0.15, -0.1) is 0 Å². The van der Waals surface area contributed by atoms with Crippen LogP contribution in [0.25, 0.3) is 6.08 Å². The van der Waals surface area contributed by atoms with Crippen LogP contribution in [0.1, 0.15) is 5.76 Å². The van der Waals surface area contributed by atoms with Gasteiger partial charge >= 0.3 is 0 Å². The highest BCUT2D eigenvalue weighted by atomic mass is 32.1. The predicted molar refractivity (Wildman–Crippen MR) is 56.2 cm³/mol. The third-order valence-corrected chi connectivity index (χ3v) is 1.23. The molecule has 0 spiro atoms. The summed E-state index contributed by atoms with van der Waals surface area (Å²) in [6.07, 6.45) is 6.61. The lowest BCUT2D eigenvalue weighted by molar-refractivity contribution is 0.557. The molecule has 0 radical (unpaired) electrons. The lowest BCUT2D eigenvalue weighted by Crippen LogP contribution is -2.23. The summed E-state index contributed by atoms with van der Waals surface area (Å²) in [6.45, 7) is 0. The van der Waals surface area contributed by atoms with E-state index < -0.39 is 0 Å². The smallest absolute Gasteiger partial charge is 0.184 e. The Labute approximate surface area is 81.1 Å². The second kappa shape index (κ2) is 5.10. The van der Waals surface area contributed by atoms with E-state index in [1.807, 2.05) is 12.1 Å². The highest BCUT2D eigenvalue weighted by molar-refractivity contribution is 7.80. The molecular formula is C8H9N3OS. The number of hydrogen-bond donors (Lipinski definition) is 2. The second-order valence-electron chi connectivity index (χ2n) is 2.13. The Kier molecular flexibility index (Phi) is 3.72. The topological polar surface area (TPSA) is 63.5 Å². The molecule has 0 saturated heterocycles. The Morgan fingerprint density at radius 3 is 3.15 bits per heavy atom. The van der Waals surface area contributed by atoms with Crippen LogP contribution in [0.3, 0.4) is 0 Å². The molecule has 3 N–H and O–H groups in total. The van der Waals surface area contributed by atoms with E-state index in [1.54, 1.807) is 18.4 Å². The molecule has 4 nitrogen and oxygen atoms in total. The Morgan fingerprint density at radius 2 is 2.54 bits per heavy atom. The molecule has 0 fully saturated rings. The first-order valence-electron chi connectivity index (χ1n) is 3.58. The summed E-state index contributed by atoms with van der Waals surface area (Å²) < 4.78 is 5.04. The number of hydrogen-bond acceptors (Lipinski definition) is 3. The van der Waals surface area contributed by atoms with Crippen molar-refractivity contribution in [2.45, 2.75) is 0 Å². The fraction of sp³-hybridized carbons (Fsp3) is 0. The average molecular weight is 195 g/mol. The van der Waals surface area contributed by atoms with Gasteiger partial charge in [-0.05, 0) is 36.5 Å². The third-order valence-electron chi connectivity index (χ3n) is 1.14. The highest BCUT2D eigenvalue weighted by Crippen LogP contribution is 2.00. The molecule has 1 rings (SSSR count). The van der Waals surface area contributed by atoms with Crippen molar-refractivity contribution in [2.24, 2.45) is 10.8 Å². The van der Waals surface area contributed by atoms with Gasteiger partial charge < -0.3 is 10.2 Å². The first kappa shape index (κ1) is 9.47. The zero-order chi connectivity index (χ0) is 9.52. The van der Waals surface area contributed by atoms with Gasteiger partial charge in [0.15, 0.2) is 5.11 Å². The minimum atomic E-state index is 0.141. The zero-order valence-corrected chi connectivity index (χ0v) is 7.62. The lowest BCUT2D eigenvalue weighted by atomic mass is 10.4. The maximum atomic E-state index is 5.13. The largest absolute Gasteiger partial charge is 0.465 e. The van der Waals surface area contributed by atoms with E-state index in [2.05, 4.69) is 22.7 Å². The summed E-state index contributed by atoms with van der Waals surface area (Å²) in [4.78, 5) is 0.